The molecule has 2 rings (SSSR count). The average Bonchev–Trinajstić information content (AvgIpc) is 2.96. The summed E-state index contributed by atoms with van der Waals surface area (Å²) < 4.78 is 10.4. The SMILES string of the molecule is COc1cc(C(=O)NCc2ccc(C)s2)cc(Cl)c1OCC(N)=O. The van der Waals surface area contributed by atoms with Crippen molar-refractivity contribution in [2.75, 3.05) is 13.7 Å². The van der Waals surface area contributed by atoms with Gasteiger partial charge in [0.25, 0.3) is 11.8 Å². The maximum absolute atomic E-state index is 12.3. The van der Waals surface area contributed by atoms with Crippen molar-refractivity contribution >= 4 is 34.8 Å². The van der Waals surface area contributed by atoms with E-state index in [0.717, 1.165) is 4.88 Å². The number of carbonyl (C=O) groups excluding carboxylic acids is 2. The van der Waals surface area contributed by atoms with Crippen LogP contribution in [0.3, 0.4) is 0 Å². The van der Waals surface area contributed by atoms with Crippen molar-refractivity contribution in [1.82, 2.24) is 5.32 Å². The predicted octanol–water partition coefficient (Wildman–Crippen LogP) is 2.51. The van der Waals surface area contributed by atoms with Crippen molar-refractivity contribution in [3.63, 3.8) is 0 Å². The zero-order valence-corrected chi connectivity index (χ0v) is 14.8. The van der Waals surface area contributed by atoms with E-state index >= 15 is 0 Å². The third kappa shape index (κ3) is 4.62. The van der Waals surface area contributed by atoms with Crippen molar-refractivity contribution in [3.8, 4) is 11.5 Å². The summed E-state index contributed by atoms with van der Waals surface area (Å²) in [6, 6.07) is 6.91. The predicted molar refractivity (Wildman–Crippen MR) is 92.9 cm³/mol. The van der Waals surface area contributed by atoms with E-state index in [4.69, 9.17) is 26.8 Å². The molecule has 3 N–H and O–H groups in total. The molecule has 0 bridgehead atoms. The van der Waals surface area contributed by atoms with Crippen molar-refractivity contribution < 1.29 is 19.1 Å². The summed E-state index contributed by atoms with van der Waals surface area (Å²) in [4.78, 5) is 25.4. The molecule has 0 fully saturated rings. The summed E-state index contributed by atoms with van der Waals surface area (Å²) >= 11 is 7.74. The van der Waals surface area contributed by atoms with Gasteiger partial charge in [-0.05, 0) is 31.2 Å². The fraction of sp³-hybridized carbons (Fsp3) is 0.250. The molecule has 8 heteroatoms. The molecule has 0 aliphatic rings. The van der Waals surface area contributed by atoms with Gasteiger partial charge in [0.05, 0.1) is 18.7 Å². The monoisotopic (exact) mass is 368 g/mol. The number of hydrogen-bond acceptors (Lipinski definition) is 5. The average molecular weight is 369 g/mol. The highest BCUT2D eigenvalue weighted by Crippen LogP contribution is 2.36. The molecule has 24 heavy (non-hydrogen) atoms. The maximum Gasteiger partial charge on any atom is 0.255 e. The first-order valence-corrected chi connectivity index (χ1v) is 8.22. The zero-order valence-electron chi connectivity index (χ0n) is 13.2. The van der Waals surface area contributed by atoms with Gasteiger partial charge in [0.2, 0.25) is 0 Å². The quantitative estimate of drug-likeness (QED) is 0.785. The molecule has 0 saturated heterocycles. The molecule has 0 atom stereocenters. The Morgan fingerprint density at radius 3 is 2.67 bits per heavy atom. The smallest absolute Gasteiger partial charge is 0.255 e. The van der Waals surface area contributed by atoms with Crippen LogP contribution in [0, 0.1) is 6.92 Å². The number of methoxy groups -OCH3 is 1. The lowest BCUT2D eigenvalue weighted by molar-refractivity contribution is -0.119. The van der Waals surface area contributed by atoms with Crippen LogP contribution in [0.2, 0.25) is 5.02 Å². The lowest BCUT2D eigenvalue weighted by Gasteiger charge is -2.13. The first-order chi connectivity index (χ1) is 11.4. The number of halogens is 1. The van der Waals surface area contributed by atoms with E-state index in [1.165, 1.54) is 24.1 Å². The minimum Gasteiger partial charge on any atom is -0.493 e. The van der Waals surface area contributed by atoms with Crippen LogP contribution in [0.4, 0.5) is 0 Å². The third-order valence-corrected chi connectivity index (χ3v) is 4.35. The van der Waals surface area contributed by atoms with Gasteiger partial charge in [-0.1, -0.05) is 11.6 Å². The van der Waals surface area contributed by atoms with Gasteiger partial charge >= 0.3 is 0 Å². The number of amides is 2. The Kier molecular flexibility index (Phi) is 6.05. The number of thiophene rings is 1. The number of primary amides is 1. The summed E-state index contributed by atoms with van der Waals surface area (Å²) in [6.07, 6.45) is 0. The van der Waals surface area contributed by atoms with Gasteiger partial charge in [0, 0.05) is 15.3 Å². The van der Waals surface area contributed by atoms with Crippen LogP contribution < -0.4 is 20.5 Å². The summed E-state index contributed by atoms with van der Waals surface area (Å²) in [7, 11) is 1.42. The van der Waals surface area contributed by atoms with Crippen LogP contribution >= 0.6 is 22.9 Å². The molecule has 0 spiro atoms. The van der Waals surface area contributed by atoms with Gasteiger partial charge in [-0.3, -0.25) is 9.59 Å². The van der Waals surface area contributed by atoms with Crippen LogP contribution in [-0.4, -0.2) is 25.5 Å². The number of nitrogens with one attached hydrogen (secondary N) is 1. The minimum atomic E-state index is -0.638. The first kappa shape index (κ1) is 18.1. The molecule has 1 heterocycles. The van der Waals surface area contributed by atoms with Gasteiger partial charge in [0.15, 0.2) is 18.1 Å². The first-order valence-electron chi connectivity index (χ1n) is 7.03. The van der Waals surface area contributed by atoms with Crippen molar-refractivity contribution in [2.45, 2.75) is 13.5 Å². The Morgan fingerprint density at radius 2 is 2.08 bits per heavy atom. The second-order valence-electron chi connectivity index (χ2n) is 4.94. The van der Waals surface area contributed by atoms with Gasteiger partial charge in [-0.15, -0.1) is 11.3 Å². The minimum absolute atomic E-state index is 0.160. The lowest BCUT2D eigenvalue weighted by Crippen LogP contribution is -2.23. The molecule has 0 saturated carbocycles. The molecule has 128 valence electrons. The van der Waals surface area contributed by atoms with Crippen LogP contribution in [0.15, 0.2) is 24.3 Å². The van der Waals surface area contributed by atoms with Gasteiger partial charge < -0.3 is 20.5 Å². The highest BCUT2D eigenvalue weighted by atomic mass is 35.5. The normalized spacial score (nSPS) is 10.3. The molecule has 0 radical (unpaired) electrons. The molecular weight excluding hydrogens is 352 g/mol. The van der Waals surface area contributed by atoms with E-state index in [2.05, 4.69) is 5.32 Å². The van der Waals surface area contributed by atoms with E-state index in [-0.39, 0.29) is 29.0 Å². The molecule has 0 unspecified atom stereocenters. The molecule has 2 amide bonds. The van der Waals surface area contributed by atoms with E-state index in [1.807, 2.05) is 19.1 Å². The van der Waals surface area contributed by atoms with Crippen LogP contribution in [0.1, 0.15) is 20.1 Å². The molecule has 0 aliphatic heterocycles. The van der Waals surface area contributed by atoms with E-state index in [1.54, 1.807) is 11.3 Å². The molecule has 6 nitrogen and oxygen atoms in total. The summed E-state index contributed by atoms with van der Waals surface area (Å²) in [6.45, 7) is 2.10. The Bertz CT molecular complexity index is 761. The largest absolute Gasteiger partial charge is 0.493 e. The van der Waals surface area contributed by atoms with E-state index < -0.39 is 5.91 Å². The van der Waals surface area contributed by atoms with Crippen molar-refractivity contribution in [2.24, 2.45) is 5.73 Å². The number of rotatable bonds is 7. The number of aryl methyl sites for hydroxylation is 1. The number of carbonyl (C=O) groups is 2. The highest BCUT2D eigenvalue weighted by molar-refractivity contribution is 7.11. The van der Waals surface area contributed by atoms with Crippen LogP contribution in [-0.2, 0) is 11.3 Å². The zero-order chi connectivity index (χ0) is 17.7. The van der Waals surface area contributed by atoms with E-state index in [9.17, 15) is 9.59 Å². The number of hydrogen-bond donors (Lipinski definition) is 2. The van der Waals surface area contributed by atoms with Crippen molar-refractivity contribution in [1.29, 1.82) is 0 Å². The topological polar surface area (TPSA) is 90.7 Å². The second-order valence-corrected chi connectivity index (χ2v) is 6.72. The number of benzene rings is 1. The molecule has 1 aromatic heterocycles. The summed E-state index contributed by atoms with van der Waals surface area (Å²) in [5, 5.41) is 2.98. The lowest BCUT2D eigenvalue weighted by atomic mass is 10.2. The number of nitrogens with two attached hydrogens (primary N) is 1. The summed E-state index contributed by atoms with van der Waals surface area (Å²) in [5.41, 5.74) is 5.38. The maximum atomic E-state index is 12.3. The van der Waals surface area contributed by atoms with Gasteiger partial charge in [-0.25, -0.2) is 0 Å². The Hall–Kier alpha value is -2.25. The highest BCUT2D eigenvalue weighted by Gasteiger charge is 2.16. The van der Waals surface area contributed by atoms with Crippen molar-refractivity contribution in [3.05, 3.63) is 44.6 Å². The van der Waals surface area contributed by atoms with Gasteiger partial charge in [-0.2, -0.15) is 0 Å². The third-order valence-electron chi connectivity index (χ3n) is 3.07. The Labute approximate surface area is 148 Å². The molecule has 2 aromatic rings. The fourth-order valence-corrected chi connectivity index (χ4v) is 3.08. The standard InChI is InChI=1S/C16H17ClN2O4S/c1-9-3-4-11(24-9)7-19-16(21)10-5-12(17)15(13(6-10)22-2)23-8-14(18)20/h3-6H,7-8H2,1-2H3,(H2,18,20)(H,19,21). The van der Waals surface area contributed by atoms with Crippen LogP contribution in [0.25, 0.3) is 0 Å². The second kappa shape index (κ2) is 8.03. The van der Waals surface area contributed by atoms with Crippen LogP contribution in [0.5, 0.6) is 11.5 Å². The van der Waals surface area contributed by atoms with E-state index in [0.29, 0.717) is 12.1 Å². The molecule has 0 aliphatic carbocycles. The fourth-order valence-electron chi connectivity index (χ4n) is 1.98. The summed E-state index contributed by atoms with van der Waals surface area (Å²) in [5.74, 6) is -0.506. The Morgan fingerprint density at radius 1 is 1.33 bits per heavy atom. The Balaban J connectivity index is 2.13. The number of ether oxygens (including phenoxy) is 2. The van der Waals surface area contributed by atoms with Gasteiger partial charge in [0.1, 0.15) is 0 Å². The molecule has 1 aromatic carbocycles. The molecular formula is C16H17ClN2O4S.